The van der Waals surface area contributed by atoms with Gasteiger partial charge in [0.1, 0.15) is 17.4 Å². The molecule has 0 spiro atoms. The highest BCUT2D eigenvalue weighted by atomic mass is 32.1. The number of aliphatic hydroxyl groups is 2. The Morgan fingerprint density at radius 1 is 1.14 bits per heavy atom. The van der Waals surface area contributed by atoms with Crippen LogP contribution in [0.2, 0.25) is 0 Å². The number of benzene rings is 2. The summed E-state index contributed by atoms with van der Waals surface area (Å²) in [6.07, 6.45) is -4.58. The highest BCUT2D eigenvalue weighted by molar-refractivity contribution is 7.18. The van der Waals surface area contributed by atoms with Crippen LogP contribution in [0, 0.1) is 0 Å². The highest BCUT2D eigenvalue weighted by Gasteiger charge is 2.42. The standard InChI is InChI=1S/C26H21F3N2O4S/c27-26(28,29)20-21(14-5-2-1-3-6-14)31-35-23(20)25-30-18-11-9-15-13-16(8-10-17(15)24(18)36-25)22(34)19(33)7-4-12-32/h1-3,5-6,8,10,13,22,32,34H,4,7,9,11-12H2/t22-/m1/s1. The quantitative estimate of drug-likeness (QED) is 0.332. The van der Waals surface area contributed by atoms with Gasteiger partial charge in [-0.15, -0.1) is 11.3 Å². The minimum atomic E-state index is -4.70. The zero-order chi connectivity index (χ0) is 25.4. The molecule has 2 heterocycles. The van der Waals surface area contributed by atoms with Crippen molar-refractivity contribution in [2.75, 3.05) is 6.61 Å². The van der Waals surface area contributed by atoms with Gasteiger partial charge in [0.15, 0.2) is 10.8 Å². The SMILES string of the molecule is O=C(CCCO)[C@H](O)c1ccc2c(c1)CCc1nc(-c3onc(-c4ccccc4)c3C(F)(F)F)sc1-2. The molecule has 0 aliphatic heterocycles. The number of ketones is 1. The molecular formula is C26H21F3N2O4S. The highest BCUT2D eigenvalue weighted by Crippen LogP contribution is 2.47. The lowest BCUT2D eigenvalue weighted by atomic mass is 9.90. The van der Waals surface area contributed by atoms with Crippen molar-refractivity contribution in [2.24, 2.45) is 0 Å². The Morgan fingerprint density at radius 3 is 2.64 bits per heavy atom. The number of rotatable bonds is 7. The van der Waals surface area contributed by atoms with Gasteiger partial charge in [0.05, 0.1) is 10.6 Å². The van der Waals surface area contributed by atoms with Crippen molar-refractivity contribution in [3.63, 3.8) is 0 Å². The van der Waals surface area contributed by atoms with E-state index in [1.165, 1.54) is 0 Å². The van der Waals surface area contributed by atoms with E-state index in [0.717, 1.165) is 27.3 Å². The molecule has 2 N–H and O–H groups in total. The fourth-order valence-electron chi connectivity index (χ4n) is 4.36. The normalized spacial score (nSPS) is 13.8. The Balaban J connectivity index is 1.52. The van der Waals surface area contributed by atoms with Crippen LogP contribution in [0.1, 0.15) is 41.3 Å². The molecule has 0 fully saturated rings. The summed E-state index contributed by atoms with van der Waals surface area (Å²) in [7, 11) is 0. The van der Waals surface area contributed by atoms with E-state index in [2.05, 4.69) is 10.1 Å². The fourth-order valence-corrected chi connectivity index (χ4v) is 5.52. The van der Waals surface area contributed by atoms with E-state index in [4.69, 9.17) is 9.63 Å². The van der Waals surface area contributed by atoms with Crippen LogP contribution < -0.4 is 0 Å². The molecule has 0 radical (unpaired) electrons. The number of Topliss-reactive ketones (excluding diaryl/α,β-unsaturated/α-hetero) is 1. The zero-order valence-corrected chi connectivity index (χ0v) is 19.7. The Kier molecular flexibility index (Phi) is 6.50. The summed E-state index contributed by atoms with van der Waals surface area (Å²) in [5, 5.41) is 23.2. The van der Waals surface area contributed by atoms with E-state index in [-0.39, 0.29) is 35.9 Å². The Labute approximate surface area is 208 Å². The van der Waals surface area contributed by atoms with Gasteiger partial charge in [0.2, 0.25) is 5.76 Å². The van der Waals surface area contributed by atoms with Crippen LogP contribution >= 0.6 is 11.3 Å². The van der Waals surface area contributed by atoms with Gasteiger partial charge in [-0.2, -0.15) is 13.2 Å². The van der Waals surface area contributed by atoms with E-state index in [1.807, 2.05) is 0 Å². The molecule has 1 atom stereocenters. The second kappa shape index (κ2) is 9.61. The van der Waals surface area contributed by atoms with E-state index in [0.29, 0.717) is 29.7 Å². The van der Waals surface area contributed by atoms with Crippen molar-refractivity contribution < 1.29 is 32.7 Å². The molecule has 2 aromatic carbocycles. The first-order chi connectivity index (χ1) is 17.3. The number of fused-ring (bicyclic) bond motifs is 3. The van der Waals surface area contributed by atoms with Crippen LogP contribution in [0.5, 0.6) is 0 Å². The zero-order valence-electron chi connectivity index (χ0n) is 18.9. The first kappa shape index (κ1) is 24.4. The summed E-state index contributed by atoms with van der Waals surface area (Å²) in [5.74, 6) is -0.788. The van der Waals surface area contributed by atoms with E-state index < -0.39 is 23.6 Å². The molecule has 2 aromatic heterocycles. The third kappa shape index (κ3) is 4.47. The number of aromatic nitrogens is 2. The number of halogens is 3. The number of alkyl halides is 3. The molecule has 5 rings (SSSR count). The first-order valence-electron chi connectivity index (χ1n) is 11.3. The minimum Gasteiger partial charge on any atom is -0.396 e. The van der Waals surface area contributed by atoms with Crippen molar-refractivity contribution >= 4 is 17.1 Å². The van der Waals surface area contributed by atoms with Gasteiger partial charge in [0.25, 0.3) is 0 Å². The molecule has 186 valence electrons. The molecule has 4 aromatic rings. The molecule has 10 heteroatoms. The largest absolute Gasteiger partial charge is 0.422 e. The van der Waals surface area contributed by atoms with Gasteiger partial charge in [-0.05, 0) is 36.0 Å². The Morgan fingerprint density at radius 2 is 1.92 bits per heavy atom. The number of nitrogens with zero attached hydrogens (tertiary/aromatic N) is 2. The van der Waals surface area contributed by atoms with Crippen LogP contribution in [0.25, 0.3) is 32.5 Å². The van der Waals surface area contributed by atoms with Crippen molar-refractivity contribution in [2.45, 2.75) is 38.0 Å². The van der Waals surface area contributed by atoms with Crippen molar-refractivity contribution in [3.8, 4) is 32.5 Å². The molecule has 1 aliphatic carbocycles. The van der Waals surface area contributed by atoms with Crippen LogP contribution in [0.3, 0.4) is 0 Å². The number of carbonyl (C=O) groups is 1. The van der Waals surface area contributed by atoms with Crippen molar-refractivity contribution in [1.29, 1.82) is 0 Å². The Bertz CT molecular complexity index is 1410. The lowest BCUT2D eigenvalue weighted by Gasteiger charge is -2.18. The van der Waals surface area contributed by atoms with Gasteiger partial charge in [-0.25, -0.2) is 4.98 Å². The molecule has 0 amide bonds. The lowest BCUT2D eigenvalue weighted by molar-refractivity contribution is -0.136. The van der Waals surface area contributed by atoms with Crippen LogP contribution in [-0.4, -0.2) is 32.7 Å². The maximum absolute atomic E-state index is 14.1. The minimum absolute atomic E-state index is 0.0702. The fraction of sp³-hybridized carbons (Fsp3) is 0.269. The summed E-state index contributed by atoms with van der Waals surface area (Å²) >= 11 is 1.10. The molecule has 0 bridgehead atoms. The third-order valence-electron chi connectivity index (χ3n) is 6.12. The first-order valence-corrected chi connectivity index (χ1v) is 12.2. The second-order valence-corrected chi connectivity index (χ2v) is 9.51. The van der Waals surface area contributed by atoms with Crippen molar-refractivity contribution in [3.05, 3.63) is 70.9 Å². The summed E-state index contributed by atoms with van der Waals surface area (Å²) in [4.78, 5) is 17.4. The summed E-state index contributed by atoms with van der Waals surface area (Å²) in [6.45, 7) is -0.132. The van der Waals surface area contributed by atoms with Gasteiger partial charge in [0, 0.05) is 18.6 Å². The molecule has 1 aliphatic rings. The number of aryl methyl sites for hydroxylation is 2. The lowest BCUT2D eigenvalue weighted by Crippen LogP contribution is -2.13. The molecule has 6 nitrogen and oxygen atoms in total. The summed E-state index contributed by atoms with van der Waals surface area (Å²) < 4.78 is 47.6. The average Bonchev–Trinajstić information content (AvgIpc) is 3.51. The molecule has 0 saturated carbocycles. The monoisotopic (exact) mass is 514 g/mol. The average molecular weight is 515 g/mol. The van der Waals surface area contributed by atoms with E-state index >= 15 is 0 Å². The molecular weight excluding hydrogens is 493 g/mol. The third-order valence-corrected chi connectivity index (χ3v) is 7.25. The van der Waals surface area contributed by atoms with Crippen LogP contribution in [-0.2, 0) is 23.8 Å². The van der Waals surface area contributed by atoms with Crippen LogP contribution in [0.4, 0.5) is 13.2 Å². The smallest absolute Gasteiger partial charge is 0.396 e. The van der Waals surface area contributed by atoms with E-state index in [1.54, 1.807) is 48.5 Å². The molecule has 0 unspecified atom stereocenters. The number of aliphatic hydroxyl groups excluding tert-OH is 2. The number of thiazole rings is 1. The van der Waals surface area contributed by atoms with Crippen molar-refractivity contribution in [1.82, 2.24) is 10.1 Å². The van der Waals surface area contributed by atoms with E-state index in [9.17, 15) is 23.1 Å². The Hall–Kier alpha value is -3.34. The number of hydrogen-bond donors (Lipinski definition) is 2. The van der Waals surface area contributed by atoms with Gasteiger partial charge in [-0.3, -0.25) is 4.79 Å². The summed E-state index contributed by atoms with van der Waals surface area (Å²) in [6, 6.07) is 13.2. The summed E-state index contributed by atoms with van der Waals surface area (Å²) in [5.41, 5.74) is 1.85. The predicted molar refractivity (Wildman–Crippen MR) is 127 cm³/mol. The maximum Gasteiger partial charge on any atom is 0.422 e. The number of carbonyl (C=O) groups excluding carboxylic acids is 1. The van der Waals surface area contributed by atoms with Gasteiger partial charge < -0.3 is 14.7 Å². The van der Waals surface area contributed by atoms with Gasteiger partial charge >= 0.3 is 6.18 Å². The topological polar surface area (TPSA) is 96.5 Å². The maximum atomic E-state index is 14.1. The van der Waals surface area contributed by atoms with Gasteiger partial charge in [-0.1, -0.05) is 53.7 Å². The molecule has 36 heavy (non-hydrogen) atoms. The predicted octanol–water partition coefficient (Wildman–Crippen LogP) is 5.62. The second-order valence-electron chi connectivity index (χ2n) is 8.51. The molecule has 0 saturated heterocycles. The number of hydrogen-bond acceptors (Lipinski definition) is 7. The van der Waals surface area contributed by atoms with Crippen LogP contribution in [0.15, 0.2) is 53.1 Å².